The van der Waals surface area contributed by atoms with Crippen molar-refractivity contribution in [3.8, 4) is 0 Å². The van der Waals surface area contributed by atoms with Crippen LogP contribution >= 0.6 is 0 Å². The summed E-state index contributed by atoms with van der Waals surface area (Å²) in [5.74, 6) is -0.256. The van der Waals surface area contributed by atoms with E-state index in [0.29, 0.717) is 0 Å². The molecule has 1 amide bonds. The molecule has 0 atom stereocenters. The van der Waals surface area contributed by atoms with Gasteiger partial charge in [0, 0.05) is 0 Å². The lowest BCUT2D eigenvalue weighted by Gasteiger charge is -2.33. The van der Waals surface area contributed by atoms with E-state index in [4.69, 9.17) is 5.73 Å². The van der Waals surface area contributed by atoms with Gasteiger partial charge >= 0.3 is 0 Å². The maximum Gasteiger partial charge on any atom is 0.265 e. The van der Waals surface area contributed by atoms with Crippen molar-refractivity contribution < 1.29 is 4.79 Å². The third kappa shape index (κ3) is 0.876. The first-order chi connectivity index (χ1) is 4.19. The van der Waals surface area contributed by atoms with Crippen LogP contribution in [-0.2, 0) is 4.79 Å². The molecule has 1 rings (SSSR count). The summed E-state index contributed by atoms with van der Waals surface area (Å²) in [6.07, 6.45) is 2.58. The zero-order valence-corrected chi connectivity index (χ0v) is 5.26. The van der Waals surface area contributed by atoms with Crippen LogP contribution < -0.4 is 5.73 Å². The van der Waals surface area contributed by atoms with Gasteiger partial charge in [-0.2, -0.15) is 0 Å². The second kappa shape index (κ2) is 1.92. The Kier molecular flexibility index (Phi) is 1.37. The molecule has 1 aliphatic rings. The molecule has 1 fully saturated rings. The SMILES string of the molecule is C=NC(=O)C1(N)CCC1. The van der Waals surface area contributed by atoms with Crippen LogP contribution in [0.25, 0.3) is 0 Å². The molecule has 0 aromatic rings. The van der Waals surface area contributed by atoms with E-state index in [9.17, 15) is 4.79 Å². The van der Waals surface area contributed by atoms with Gasteiger partial charge in [0.05, 0.1) is 5.54 Å². The van der Waals surface area contributed by atoms with Crippen LogP contribution in [0.3, 0.4) is 0 Å². The predicted molar refractivity (Wildman–Crippen MR) is 35.3 cm³/mol. The van der Waals surface area contributed by atoms with Crippen LogP contribution in [0.15, 0.2) is 4.99 Å². The standard InChI is InChI=1S/C6H10N2O/c1-8-5(9)6(7)3-2-4-6/h1-4,7H2. The number of aliphatic imine (C=N–C) groups is 1. The van der Waals surface area contributed by atoms with E-state index in [1.54, 1.807) is 0 Å². The number of nitrogens with zero attached hydrogens (tertiary/aromatic N) is 1. The molecule has 1 aliphatic carbocycles. The Bertz CT molecular complexity index is 149. The number of hydrogen-bond donors (Lipinski definition) is 1. The van der Waals surface area contributed by atoms with Crippen molar-refractivity contribution in [2.45, 2.75) is 24.8 Å². The van der Waals surface area contributed by atoms with Gasteiger partial charge in [-0.15, -0.1) is 0 Å². The highest BCUT2D eigenvalue weighted by Crippen LogP contribution is 2.29. The van der Waals surface area contributed by atoms with Gasteiger partial charge in [-0.05, 0) is 26.0 Å². The van der Waals surface area contributed by atoms with Gasteiger partial charge in [0.1, 0.15) is 0 Å². The molecule has 9 heavy (non-hydrogen) atoms. The summed E-state index contributed by atoms with van der Waals surface area (Å²) >= 11 is 0. The fraction of sp³-hybridized carbons (Fsp3) is 0.667. The van der Waals surface area contributed by atoms with Gasteiger partial charge < -0.3 is 5.73 Å². The molecule has 3 heteroatoms. The molecule has 0 spiro atoms. The minimum Gasteiger partial charge on any atom is -0.317 e. The summed E-state index contributed by atoms with van der Waals surface area (Å²) < 4.78 is 0. The monoisotopic (exact) mass is 126 g/mol. The Morgan fingerprint density at radius 3 is 2.33 bits per heavy atom. The predicted octanol–water partition coefficient (Wildman–Crippen LogP) is 0.0950. The zero-order chi connectivity index (χ0) is 6.91. The van der Waals surface area contributed by atoms with E-state index in [2.05, 4.69) is 11.7 Å². The molecule has 0 bridgehead atoms. The Hall–Kier alpha value is -0.700. The molecule has 0 heterocycles. The number of hydrogen-bond acceptors (Lipinski definition) is 2. The van der Waals surface area contributed by atoms with E-state index in [-0.39, 0.29) is 5.91 Å². The number of nitrogens with two attached hydrogens (primary N) is 1. The summed E-state index contributed by atoms with van der Waals surface area (Å²) in [6.45, 7) is 3.13. The molecule has 0 unspecified atom stereocenters. The van der Waals surface area contributed by atoms with Gasteiger partial charge in [-0.3, -0.25) is 4.79 Å². The molecule has 50 valence electrons. The maximum absolute atomic E-state index is 10.8. The van der Waals surface area contributed by atoms with Crippen molar-refractivity contribution >= 4 is 12.6 Å². The van der Waals surface area contributed by atoms with E-state index < -0.39 is 5.54 Å². The Balaban J connectivity index is 2.58. The quantitative estimate of drug-likeness (QED) is 0.506. The average Bonchev–Trinajstić information content (AvgIpc) is 1.81. The average molecular weight is 126 g/mol. The van der Waals surface area contributed by atoms with E-state index in [1.165, 1.54) is 0 Å². The van der Waals surface area contributed by atoms with Crippen LogP contribution in [0, 0.1) is 0 Å². The van der Waals surface area contributed by atoms with Crippen molar-refractivity contribution in [2.24, 2.45) is 10.7 Å². The highest BCUT2D eigenvalue weighted by Gasteiger charge is 2.39. The van der Waals surface area contributed by atoms with Gasteiger partial charge in [0.15, 0.2) is 0 Å². The molecule has 0 saturated heterocycles. The maximum atomic E-state index is 10.8. The summed E-state index contributed by atoms with van der Waals surface area (Å²) in [7, 11) is 0. The highest BCUT2D eigenvalue weighted by molar-refractivity contribution is 5.90. The molecule has 0 aromatic heterocycles. The number of carbonyl (C=O) groups excluding carboxylic acids is 1. The summed E-state index contributed by atoms with van der Waals surface area (Å²) in [5.41, 5.74) is 4.94. The third-order valence-corrected chi connectivity index (χ3v) is 1.82. The van der Waals surface area contributed by atoms with Crippen molar-refractivity contribution in [1.82, 2.24) is 0 Å². The number of carbonyl (C=O) groups is 1. The third-order valence-electron chi connectivity index (χ3n) is 1.82. The molecule has 0 radical (unpaired) electrons. The van der Waals surface area contributed by atoms with E-state index in [1.807, 2.05) is 0 Å². The zero-order valence-electron chi connectivity index (χ0n) is 5.26. The topological polar surface area (TPSA) is 55.5 Å². The molecule has 1 saturated carbocycles. The molecule has 0 aliphatic heterocycles. The van der Waals surface area contributed by atoms with Crippen LogP contribution in [0.4, 0.5) is 0 Å². The van der Waals surface area contributed by atoms with Gasteiger partial charge in [-0.25, -0.2) is 4.99 Å². The van der Waals surface area contributed by atoms with Gasteiger partial charge in [0.25, 0.3) is 5.91 Å². The van der Waals surface area contributed by atoms with E-state index in [0.717, 1.165) is 19.3 Å². The highest BCUT2D eigenvalue weighted by atomic mass is 16.2. The number of amides is 1. The minimum absolute atomic E-state index is 0.256. The molecule has 2 N–H and O–H groups in total. The van der Waals surface area contributed by atoms with Crippen LogP contribution in [0.1, 0.15) is 19.3 Å². The second-order valence-corrected chi connectivity index (χ2v) is 2.47. The summed E-state index contributed by atoms with van der Waals surface area (Å²) in [4.78, 5) is 14.0. The van der Waals surface area contributed by atoms with Crippen molar-refractivity contribution in [3.05, 3.63) is 0 Å². The lowest BCUT2D eigenvalue weighted by molar-refractivity contribution is -0.125. The van der Waals surface area contributed by atoms with Gasteiger partial charge in [-0.1, -0.05) is 0 Å². The fourth-order valence-corrected chi connectivity index (χ4v) is 0.929. The Morgan fingerprint density at radius 1 is 1.67 bits per heavy atom. The smallest absolute Gasteiger partial charge is 0.265 e. The first-order valence-corrected chi connectivity index (χ1v) is 2.99. The number of rotatable bonds is 1. The van der Waals surface area contributed by atoms with E-state index >= 15 is 0 Å². The first kappa shape index (κ1) is 6.42. The van der Waals surface area contributed by atoms with Gasteiger partial charge in [0.2, 0.25) is 0 Å². The lowest BCUT2D eigenvalue weighted by Crippen LogP contribution is -2.52. The van der Waals surface area contributed by atoms with Crippen molar-refractivity contribution in [3.63, 3.8) is 0 Å². The minimum atomic E-state index is -0.637. The summed E-state index contributed by atoms with van der Waals surface area (Å²) in [5, 5.41) is 0. The van der Waals surface area contributed by atoms with Crippen LogP contribution in [0.5, 0.6) is 0 Å². The second-order valence-electron chi connectivity index (χ2n) is 2.47. The molecular weight excluding hydrogens is 116 g/mol. The van der Waals surface area contributed by atoms with Crippen molar-refractivity contribution in [1.29, 1.82) is 0 Å². The van der Waals surface area contributed by atoms with Crippen LogP contribution in [0.2, 0.25) is 0 Å². The molecule has 3 nitrogen and oxygen atoms in total. The Morgan fingerprint density at radius 2 is 2.22 bits per heavy atom. The first-order valence-electron chi connectivity index (χ1n) is 2.99. The largest absolute Gasteiger partial charge is 0.317 e. The normalized spacial score (nSPS) is 22.3. The molecular formula is C6H10N2O. The lowest BCUT2D eigenvalue weighted by atomic mass is 9.77. The van der Waals surface area contributed by atoms with Crippen LogP contribution in [-0.4, -0.2) is 18.2 Å². The van der Waals surface area contributed by atoms with Crippen molar-refractivity contribution in [2.75, 3.05) is 0 Å². The molecule has 0 aromatic carbocycles. The Labute approximate surface area is 54.0 Å². The fourth-order valence-electron chi connectivity index (χ4n) is 0.929. The summed E-state index contributed by atoms with van der Waals surface area (Å²) in [6, 6.07) is 0.